The third-order valence-corrected chi connectivity index (χ3v) is 3.85. The van der Waals surface area contributed by atoms with Crippen LogP contribution in [0.1, 0.15) is 44.9 Å². The van der Waals surface area contributed by atoms with Crippen LogP contribution in [0.25, 0.3) is 0 Å². The second kappa shape index (κ2) is 5.88. The smallest absolute Gasteiger partial charge is 0.0500 e. The Morgan fingerprint density at radius 3 is 2.10 bits per heavy atom. The Bertz CT molecular complexity index is 567. The van der Waals surface area contributed by atoms with Crippen molar-refractivity contribution in [2.75, 3.05) is 5.32 Å². The highest BCUT2D eigenvalue weighted by atomic mass is 35.5. The highest BCUT2D eigenvalue weighted by Gasteiger charge is 2.13. The van der Waals surface area contributed by atoms with Crippen LogP contribution in [0.5, 0.6) is 0 Å². The number of halogens is 1. The van der Waals surface area contributed by atoms with E-state index in [2.05, 4.69) is 63.3 Å². The maximum Gasteiger partial charge on any atom is 0.0500 e. The highest BCUT2D eigenvalue weighted by molar-refractivity contribution is 6.31. The fourth-order valence-electron chi connectivity index (χ4n) is 2.22. The molecule has 1 N–H and O–H groups in total. The summed E-state index contributed by atoms with van der Waals surface area (Å²) in [5, 5.41) is 4.30. The van der Waals surface area contributed by atoms with Crippen LogP contribution in [0.15, 0.2) is 48.5 Å². The lowest BCUT2D eigenvalue weighted by Crippen LogP contribution is -2.11. The standard InChI is InChI=1S/C18H22ClN/c1-13(16-7-5-6-8-17(16)19)20-15-11-9-14(10-12-15)18(2,3)4/h5-13,20H,1-4H3. The van der Waals surface area contributed by atoms with Crippen molar-refractivity contribution in [1.29, 1.82) is 0 Å². The summed E-state index contributed by atoms with van der Waals surface area (Å²) in [7, 11) is 0. The molecule has 2 heteroatoms. The molecule has 2 aromatic carbocycles. The Morgan fingerprint density at radius 2 is 1.55 bits per heavy atom. The molecule has 0 aromatic heterocycles. The second-order valence-corrected chi connectivity index (χ2v) is 6.62. The topological polar surface area (TPSA) is 12.0 Å². The minimum atomic E-state index is 0.184. The zero-order chi connectivity index (χ0) is 14.8. The molecular weight excluding hydrogens is 266 g/mol. The van der Waals surface area contributed by atoms with Gasteiger partial charge in [-0.2, -0.15) is 0 Å². The van der Waals surface area contributed by atoms with Crippen molar-refractivity contribution in [3.8, 4) is 0 Å². The Labute approximate surface area is 127 Å². The first-order valence-electron chi connectivity index (χ1n) is 6.99. The molecule has 0 saturated carbocycles. The molecule has 0 radical (unpaired) electrons. The average molecular weight is 288 g/mol. The number of nitrogens with one attached hydrogen (secondary N) is 1. The average Bonchev–Trinajstić information content (AvgIpc) is 2.38. The fraction of sp³-hybridized carbons (Fsp3) is 0.333. The quantitative estimate of drug-likeness (QED) is 0.751. The van der Waals surface area contributed by atoms with Gasteiger partial charge in [-0.15, -0.1) is 0 Å². The van der Waals surface area contributed by atoms with Crippen LogP contribution in [0.2, 0.25) is 5.02 Å². The van der Waals surface area contributed by atoms with Gasteiger partial charge in [-0.3, -0.25) is 0 Å². The van der Waals surface area contributed by atoms with E-state index in [1.54, 1.807) is 0 Å². The largest absolute Gasteiger partial charge is 0.378 e. The first-order valence-corrected chi connectivity index (χ1v) is 7.37. The highest BCUT2D eigenvalue weighted by Crippen LogP contribution is 2.27. The van der Waals surface area contributed by atoms with Gasteiger partial charge in [-0.05, 0) is 41.7 Å². The van der Waals surface area contributed by atoms with Crippen molar-refractivity contribution in [2.45, 2.75) is 39.2 Å². The minimum absolute atomic E-state index is 0.184. The van der Waals surface area contributed by atoms with Gasteiger partial charge in [0, 0.05) is 16.8 Å². The van der Waals surface area contributed by atoms with E-state index in [1.807, 2.05) is 18.2 Å². The first kappa shape index (κ1) is 14.9. The predicted octanol–water partition coefficient (Wildman–Crippen LogP) is 5.81. The molecule has 1 nitrogen and oxygen atoms in total. The van der Waals surface area contributed by atoms with Gasteiger partial charge in [0.2, 0.25) is 0 Å². The fourth-order valence-corrected chi connectivity index (χ4v) is 2.52. The van der Waals surface area contributed by atoms with E-state index >= 15 is 0 Å². The molecule has 2 rings (SSSR count). The van der Waals surface area contributed by atoms with E-state index in [0.29, 0.717) is 0 Å². The van der Waals surface area contributed by atoms with Gasteiger partial charge < -0.3 is 5.32 Å². The van der Waals surface area contributed by atoms with Gasteiger partial charge in [0.15, 0.2) is 0 Å². The normalized spacial score (nSPS) is 13.1. The van der Waals surface area contributed by atoms with E-state index in [9.17, 15) is 0 Å². The molecule has 0 fully saturated rings. The molecule has 0 heterocycles. The Balaban J connectivity index is 2.13. The van der Waals surface area contributed by atoms with E-state index < -0.39 is 0 Å². The monoisotopic (exact) mass is 287 g/mol. The number of hydrogen-bond donors (Lipinski definition) is 1. The zero-order valence-electron chi connectivity index (χ0n) is 12.6. The van der Waals surface area contributed by atoms with Crippen molar-refractivity contribution in [2.24, 2.45) is 0 Å². The molecule has 20 heavy (non-hydrogen) atoms. The van der Waals surface area contributed by atoms with Crippen molar-refractivity contribution >= 4 is 17.3 Å². The van der Waals surface area contributed by atoms with Crippen LogP contribution >= 0.6 is 11.6 Å². The van der Waals surface area contributed by atoms with E-state index in [1.165, 1.54) is 5.56 Å². The number of hydrogen-bond acceptors (Lipinski definition) is 1. The lowest BCUT2D eigenvalue weighted by molar-refractivity contribution is 0.590. The number of rotatable bonds is 3. The summed E-state index contributed by atoms with van der Waals surface area (Å²) in [6.07, 6.45) is 0. The molecule has 2 aromatic rings. The maximum atomic E-state index is 6.23. The lowest BCUT2D eigenvalue weighted by Gasteiger charge is -2.21. The molecule has 106 valence electrons. The van der Waals surface area contributed by atoms with Crippen LogP contribution < -0.4 is 5.32 Å². The summed E-state index contributed by atoms with van der Waals surface area (Å²) in [5.74, 6) is 0. The maximum absolute atomic E-state index is 6.23. The predicted molar refractivity (Wildman–Crippen MR) is 88.6 cm³/mol. The van der Waals surface area contributed by atoms with Gasteiger partial charge in [-0.1, -0.05) is 62.7 Å². The van der Waals surface area contributed by atoms with E-state index in [4.69, 9.17) is 11.6 Å². The van der Waals surface area contributed by atoms with Crippen molar-refractivity contribution in [3.63, 3.8) is 0 Å². The summed E-state index contributed by atoms with van der Waals surface area (Å²) >= 11 is 6.23. The molecule has 0 spiro atoms. The number of benzene rings is 2. The summed E-state index contributed by atoms with van der Waals surface area (Å²) in [4.78, 5) is 0. The Morgan fingerprint density at radius 1 is 0.950 bits per heavy atom. The van der Waals surface area contributed by atoms with Crippen LogP contribution in [-0.2, 0) is 5.41 Å². The third-order valence-electron chi connectivity index (χ3n) is 3.51. The van der Waals surface area contributed by atoms with Crippen molar-refractivity contribution < 1.29 is 0 Å². The number of anilines is 1. The molecule has 0 bridgehead atoms. The summed E-state index contributed by atoms with van der Waals surface area (Å²) in [5.41, 5.74) is 3.76. The van der Waals surface area contributed by atoms with E-state index in [0.717, 1.165) is 16.3 Å². The molecule has 1 atom stereocenters. The van der Waals surface area contributed by atoms with Gasteiger partial charge in [-0.25, -0.2) is 0 Å². The summed E-state index contributed by atoms with van der Waals surface area (Å²) in [6, 6.07) is 16.8. The lowest BCUT2D eigenvalue weighted by atomic mass is 9.87. The van der Waals surface area contributed by atoms with Crippen LogP contribution in [0.3, 0.4) is 0 Å². The Kier molecular flexibility index (Phi) is 4.39. The SMILES string of the molecule is CC(Nc1ccc(C(C)(C)C)cc1)c1ccccc1Cl. The third kappa shape index (κ3) is 3.55. The molecular formula is C18H22ClN. The zero-order valence-corrected chi connectivity index (χ0v) is 13.3. The molecule has 0 amide bonds. The molecule has 1 unspecified atom stereocenters. The van der Waals surface area contributed by atoms with Gasteiger partial charge >= 0.3 is 0 Å². The summed E-state index contributed by atoms with van der Waals surface area (Å²) in [6.45, 7) is 8.80. The van der Waals surface area contributed by atoms with Crippen LogP contribution in [0, 0.1) is 0 Å². The second-order valence-electron chi connectivity index (χ2n) is 6.21. The van der Waals surface area contributed by atoms with Crippen molar-refractivity contribution in [3.05, 3.63) is 64.7 Å². The Hall–Kier alpha value is -1.47. The molecule has 0 aliphatic rings. The van der Waals surface area contributed by atoms with Crippen LogP contribution in [-0.4, -0.2) is 0 Å². The van der Waals surface area contributed by atoms with E-state index in [-0.39, 0.29) is 11.5 Å². The molecule has 0 aliphatic carbocycles. The first-order chi connectivity index (χ1) is 9.38. The molecule has 0 aliphatic heterocycles. The molecule has 0 saturated heterocycles. The van der Waals surface area contributed by atoms with Crippen molar-refractivity contribution in [1.82, 2.24) is 0 Å². The van der Waals surface area contributed by atoms with Gasteiger partial charge in [0.05, 0.1) is 0 Å². The minimum Gasteiger partial charge on any atom is -0.378 e. The van der Waals surface area contributed by atoms with Gasteiger partial charge in [0.25, 0.3) is 0 Å². The van der Waals surface area contributed by atoms with Crippen LogP contribution in [0.4, 0.5) is 5.69 Å². The summed E-state index contributed by atoms with van der Waals surface area (Å²) < 4.78 is 0. The van der Waals surface area contributed by atoms with Gasteiger partial charge in [0.1, 0.15) is 0 Å².